The second kappa shape index (κ2) is 4.94. The molecule has 0 unspecified atom stereocenters. The molecule has 23 heavy (non-hydrogen) atoms. The van der Waals surface area contributed by atoms with E-state index in [4.69, 9.17) is 0 Å². The van der Waals surface area contributed by atoms with Crippen LogP contribution in [0.5, 0.6) is 0 Å². The third-order valence-electron chi connectivity index (χ3n) is 6.63. The largest absolute Gasteiger partial charge is 0.481 e. The summed E-state index contributed by atoms with van der Waals surface area (Å²) < 4.78 is 0. The van der Waals surface area contributed by atoms with Gasteiger partial charge in [-0.15, -0.1) is 0 Å². The van der Waals surface area contributed by atoms with Crippen molar-refractivity contribution in [2.24, 2.45) is 11.3 Å². The highest BCUT2D eigenvalue weighted by Gasteiger charge is 2.51. The smallest absolute Gasteiger partial charge is 0.309 e. The van der Waals surface area contributed by atoms with E-state index in [1.165, 1.54) is 11.1 Å². The molecule has 1 N–H and O–H groups in total. The van der Waals surface area contributed by atoms with Crippen molar-refractivity contribution in [1.82, 2.24) is 4.90 Å². The molecule has 1 spiro atoms. The predicted octanol–water partition coefficient (Wildman–Crippen LogP) is 3.55. The Morgan fingerprint density at radius 3 is 2.74 bits per heavy atom. The normalized spacial score (nSPS) is 39.2. The number of aliphatic carboxylic acids is 1. The molecule has 2 aliphatic carbocycles. The van der Waals surface area contributed by atoms with Gasteiger partial charge in [0, 0.05) is 18.0 Å². The molecule has 3 aliphatic rings. The summed E-state index contributed by atoms with van der Waals surface area (Å²) in [7, 11) is 0. The number of piperidine rings is 1. The highest BCUT2D eigenvalue weighted by atomic mass is 16.4. The lowest BCUT2D eigenvalue weighted by Crippen LogP contribution is -2.58. The molecule has 0 aromatic heterocycles. The molecule has 1 aliphatic heterocycles. The number of nitrogens with zero attached hydrogens (tertiary/aromatic N) is 1. The van der Waals surface area contributed by atoms with Gasteiger partial charge in [0.25, 0.3) is 0 Å². The number of carbonyl (C=O) groups is 1. The van der Waals surface area contributed by atoms with Crippen LogP contribution in [0.1, 0.15) is 44.2 Å². The maximum Gasteiger partial charge on any atom is 0.309 e. The van der Waals surface area contributed by atoms with Crippen molar-refractivity contribution < 1.29 is 9.90 Å². The van der Waals surface area contributed by atoms with Crippen LogP contribution >= 0.6 is 0 Å². The summed E-state index contributed by atoms with van der Waals surface area (Å²) in [4.78, 5) is 13.8. The van der Waals surface area contributed by atoms with Crippen molar-refractivity contribution in [3.8, 4) is 0 Å². The monoisotopic (exact) mass is 311 g/mol. The number of benzene rings is 1. The minimum atomic E-state index is -0.636. The summed E-state index contributed by atoms with van der Waals surface area (Å²) in [6.07, 6.45) is 7.44. The van der Waals surface area contributed by atoms with Crippen LogP contribution in [0.15, 0.2) is 30.3 Å². The molecular formula is C20H25NO2. The van der Waals surface area contributed by atoms with Crippen LogP contribution in [0.4, 0.5) is 0 Å². The van der Waals surface area contributed by atoms with Crippen LogP contribution in [0.3, 0.4) is 0 Å². The zero-order valence-electron chi connectivity index (χ0n) is 14.0. The number of allylic oxidation sites excluding steroid dienone is 1. The molecular weight excluding hydrogens is 286 g/mol. The van der Waals surface area contributed by atoms with Crippen molar-refractivity contribution in [3.05, 3.63) is 41.5 Å². The van der Waals surface area contributed by atoms with Crippen LogP contribution in [0, 0.1) is 11.3 Å². The van der Waals surface area contributed by atoms with Crippen LogP contribution < -0.4 is 0 Å². The van der Waals surface area contributed by atoms with Gasteiger partial charge >= 0.3 is 5.97 Å². The average molecular weight is 311 g/mol. The lowest BCUT2D eigenvalue weighted by atomic mass is 9.63. The third-order valence-corrected chi connectivity index (χ3v) is 6.63. The molecule has 1 saturated carbocycles. The van der Waals surface area contributed by atoms with E-state index in [1.807, 2.05) is 6.92 Å². The van der Waals surface area contributed by atoms with Crippen LogP contribution in [-0.4, -0.2) is 35.1 Å². The van der Waals surface area contributed by atoms with Gasteiger partial charge in [-0.2, -0.15) is 0 Å². The second-order valence-corrected chi connectivity index (χ2v) is 8.03. The fourth-order valence-corrected chi connectivity index (χ4v) is 4.97. The Bertz CT molecular complexity index is 674. The van der Waals surface area contributed by atoms with Gasteiger partial charge in [-0.3, -0.25) is 9.69 Å². The van der Waals surface area contributed by atoms with Crippen LogP contribution in [-0.2, 0) is 10.2 Å². The maximum atomic E-state index is 11.3. The molecule has 1 heterocycles. The molecule has 0 bridgehead atoms. The fourth-order valence-electron chi connectivity index (χ4n) is 4.97. The lowest BCUT2D eigenvalue weighted by molar-refractivity contribution is -0.158. The molecule has 2 atom stereocenters. The molecule has 1 aromatic rings. The quantitative estimate of drug-likeness (QED) is 0.908. The van der Waals surface area contributed by atoms with E-state index in [1.54, 1.807) is 0 Å². The van der Waals surface area contributed by atoms with Crippen molar-refractivity contribution >= 4 is 12.0 Å². The van der Waals surface area contributed by atoms with E-state index in [9.17, 15) is 9.90 Å². The second-order valence-electron chi connectivity index (χ2n) is 8.03. The molecule has 1 saturated heterocycles. The first kappa shape index (κ1) is 14.9. The fraction of sp³-hybridized carbons (Fsp3) is 0.550. The van der Waals surface area contributed by atoms with E-state index in [0.717, 1.165) is 32.4 Å². The van der Waals surface area contributed by atoms with E-state index < -0.39 is 11.4 Å². The van der Waals surface area contributed by atoms with Gasteiger partial charge in [0.15, 0.2) is 0 Å². The Morgan fingerprint density at radius 1 is 1.30 bits per heavy atom. The Balaban J connectivity index is 1.49. The number of carboxylic acid groups (broad SMARTS) is 1. The van der Waals surface area contributed by atoms with Gasteiger partial charge in [0.1, 0.15) is 0 Å². The summed E-state index contributed by atoms with van der Waals surface area (Å²) in [6, 6.07) is 9.22. The Hall–Kier alpha value is -1.61. The first-order valence-corrected chi connectivity index (χ1v) is 8.71. The van der Waals surface area contributed by atoms with Crippen molar-refractivity contribution in [2.45, 2.75) is 44.6 Å². The van der Waals surface area contributed by atoms with Gasteiger partial charge in [-0.25, -0.2) is 0 Å². The first-order valence-electron chi connectivity index (χ1n) is 8.71. The van der Waals surface area contributed by atoms with E-state index in [0.29, 0.717) is 12.0 Å². The van der Waals surface area contributed by atoms with Gasteiger partial charge < -0.3 is 5.11 Å². The zero-order chi connectivity index (χ0) is 16.2. The molecule has 122 valence electrons. The van der Waals surface area contributed by atoms with E-state index in [-0.39, 0.29) is 5.41 Å². The van der Waals surface area contributed by atoms with Crippen molar-refractivity contribution in [3.63, 3.8) is 0 Å². The van der Waals surface area contributed by atoms with Crippen molar-refractivity contribution in [2.75, 3.05) is 13.1 Å². The van der Waals surface area contributed by atoms with Gasteiger partial charge in [-0.1, -0.05) is 43.3 Å². The molecule has 1 aromatic carbocycles. The van der Waals surface area contributed by atoms with E-state index in [2.05, 4.69) is 48.2 Å². The number of hydrogen-bond acceptors (Lipinski definition) is 2. The number of carboxylic acids is 1. The predicted molar refractivity (Wildman–Crippen MR) is 91.3 cm³/mol. The molecule has 4 rings (SSSR count). The lowest BCUT2D eigenvalue weighted by Gasteiger charge is -2.53. The van der Waals surface area contributed by atoms with Crippen LogP contribution in [0.25, 0.3) is 6.08 Å². The minimum absolute atomic E-state index is 0.187. The van der Waals surface area contributed by atoms with E-state index >= 15 is 0 Å². The van der Waals surface area contributed by atoms with Gasteiger partial charge in [-0.05, 0) is 49.8 Å². The summed E-state index contributed by atoms with van der Waals surface area (Å²) >= 11 is 0. The standard InChI is InChI=1S/C20H25NO2/c1-14-13-21(16-11-19(2,12-16)18(22)23)10-9-20(14)8-7-15-5-3-4-6-17(15)20/h3-8,14,16H,9-13H2,1-2H3,(H,22,23)/t14-,16?,19?,20-/m0/s1. The summed E-state index contributed by atoms with van der Waals surface area (Å²) in [6.45, 7) is 6.38. The molecule has 3 heteroatoms. The molecule has 3 nitrogen and oxygen atoms in total. The highest BCUT2D eigenvalue weighted by Crippen LogP contribution is 2.50. The SMILES string of the molecule is C[C@H]1CN(C2CC(C)(C(=O)O)C2)CC[C@@]12C=Cc1ccccc12. The Morgan fingerprint density at radius 2 is 2.04 bits per heavy atom. The number of likely N-dealkylation sites (tertiary alicyclic amines) is 1. The number of hydrogen-bond donors (Lipinski definition) is 1. The topological polar surface area (TPSA) is 40.5 Å². The maximum absolute atomic E-state index is 11.3. The minimum Gasteiger partial charge on any atom is -0.481 e. The molecule has 0 radical (unpaired) electrons. The Kier molecular flexibility index (Phi) is 3.21. The van der Waals surface area contributed by atoms with Gasteiger partial charge in [0.05, 0.1) is 5.41 Å². The first-order chi connectivity index (χ1) is 10.9. The van der Waals surface area contributed by atoms with Crippen LogP contribution in [0.2, 0.25) is 0 Å². The Labute approximate surface area is 138 Å². The molecule has 0 amide bonds. The highest BCUT2D eigenvalue weighted by molar-refractivity contribution is 5.75. The van der Waals surface area contributed by atoms with Crippen molar-refractivity contribution in [1.29, 1.82) is 0 Å². The number of fused-ring (bicyclic) bond motifs is 2. The number of rotatable bonds is 2. The summed E-state index contributed by atoms with van der Waals surface area (Å²) in [5, 5.41) is 9.31. The molecule has 2 fully saturated rings. The zero-order valence-corrected chi connectivity index (χ0v) is 14.0. The van der Waals surface area contributed by atoms with Gasteiger partial charge in [0.2, 0.25) is 0 Å². The third kappa shape index (κ3) is 2.09. The summed E-state index contributed by atoms with van der Waals surface area (Å²) in [5.74, 6) is -0.0734. The summed E-state index contributed by atoms with van der Waals surface area (Å²) in [5.41, 5.74) is 2.54. The average Bonchev–Trinajstić information content (AvgIpc) is 2.87.